The van der Waals surface area contributed by atoms with Gasteiger partial charge in [0.15, 0.2) is 0 Å². The number of rotatable bonds is 2. The van der Waals surface area contributed by atoms with Crippen molar-refractivity contribution in [3.05, 3.63) is 0 Å². The molecule has 2 saturated heterocycles. The second-order valence-electron chi connectivity index (χ2n) is 5.36. The summed E-state index contributed by atoms with van der Waals surface area (Å²) in [5.74, 6) is 0.562. The van der Waals surface area contributed by atoms with Crippen LogP contribution >= 0.6 is 0 Å². The van der Waals surface area contributed by atoms with Gasteiger partial charge in [0.1, 0.15) is 0 Å². The predicted octanol–water partition coefficient (Wildman–Crippen LogP) is 0.833. The zero-order valence-corrected chi connectivity index (χ0v) is 9.84. The van der Waals surface area contributed by atoms with Gasteiger partial charge in [-0.15, -0.1) is 0 Å². The van der Waals surface area contributed by atoms with Gasteiger partial charge in [-0.2, -0.15) is 0 Å². The van der Waals surface area contributed by atoms with Gasteiger partial charge in [-0.25, -0.2) is 0 Å². The van der Waals surface area contributed by atoms with E-state index in [1.54, 1.807) is 0 Å². The molecule has 0 radical (unpaired) electrons. The lowest BCUT2D eigenvalue weighted by molar-refractivity contribution is 0.0284. The summed E-state index contributed by atoms with van der Waals surface area (Å²) >= 11 is 0. The van der Waals surface area contributed by atoms with Gasteiger partial charge in [-0.3, -0.25) is 4.90 Å². The number of aliphatic hydroxyl groups is 1. The molecule has 0 atom stereocenters. The Balaban J connectivity index is 1.88. The molecule has 0 aliphatic carbocycles. The van der Waals surface area contributed by atoms with Gasteiger partial charge in [0.05, 0.1) is 0 Å². The van der Waals surface area contributed by atoms with Crippen LogP contribution in [0.3, 0.4) is 0 Å². The average Bonchev–Trinajstić information content (AvgIpc) is 2.30. The Labute approximate surface area is 92.8 Å². The zero-order valence-electron chi connectivity index (χ0n) is 9.84. The number of piperidine rings is 2. The minimum Gasteiger partial charge on any atom is -0.396 e. The third-order valence-corrected chi connectivity index (χ3v) is 4.32. The van der Waals surface area contributed by atoms with E-state index in [-0.39, 0.29) is 0 Å². The number of nitrogens with one attached hydrogen (secondary N) is 1. The summed E-state index contributed by atoms with van der Waals surface area (Å²) in [6.45, 7) is 7.48. The van der Waals surface area contributed by atoms with Gasteiger partial charge in [0.2, 0.25) is 0 Å². The zero-order chi connectivity index (χ0) is 10.7. The van der Waals surface area contributed by atoms with E-state index in [2.05, 4.69) is 17.1 Å². The fourth-order valence-corrected chi connectivity index (χ4v) is 2.94. The van der Waals surface area contributed by atoms with E-state index in [9.17, 15) is 0 Å². The van der Waals surface area contributed by atoms with Gasteiger partial charge in [0.25, 0.3) is 0 Å². The number of aliphatic hydroxyl groups excluding tert-OH is 1. The molecule has 3 nitrogen and oxygen atoms in total. The minimum atomic E-state index is 0.381. The van der Waals surface area contributed by atoms with E-state index >= 15 is 0 Å². The van der Waals surface area contributed by atoms with E-state index in [1.165, 1.54) is 38.8 Å². The molecule has 2 N–H and O–H groups in total. The van der Waals surface area contributed by atoms with Crippen LogP contribution < -0.4 is 5.32 Å². The van der Waals surface area contributed by atoms with Crippen LogP contribution in [0.2, 0.25) is 0 Å². The monoisotopic (exact) mass is 212 g/mol. The summed E-state index contributed by atoms with van der Waals surface area (Å²) in [7, 11) is 0. The van der Waals surface area contributed by atoms with E-state index in [0.29, 0.717) is 18.1 Å². The van der Waals surface area contributed by atoms with Crippen molar-refractivity contribution in [3.8, 4) is 0 Å². The number of hydrogen-bond donors (Lipinski definition) is 2. The molecule has 3 heteroatoms. The van der Waals surface area contributed by atoms with Gasteiger partial charge in [-0.05, 0) is 64.7 Å². The second-order valence-corrected chi connectivity index (χ2v) is 5.36. The first-order valence-electron chi connectivity index (χ1n) is 6.31. The van der Waals surface area contributed by atoms with E-state index in [0.717, 1.165) is 13.1 Å². The number of hydrogen-bond acceptors (Lipinski definition) is 3. The van der Waals surface area contributed by atoms with E-state index in [1.807, 2.05) is 0 Å². The summed E-state index contributed by atoms with van der Waals surface area (Å²) in [6.07, 6.45) is 4.91. The Morgan fingerprint density at radius 3 is 2.40 bits per heavy atom. The summed E-state index contributed by atoms with van der Waals surface area (Å²) in [5.41, 5.74) is 0.422. The lowest BCUT2D eigenvalue weighted by Crippen LogP contribution is -2.55. The van der Waals surface area contributed by atoms with Crippen molar-refractivity contribution in [2.45, 2.75) is 38.1 Å². The molecule has 0 bridgehead atoms. The van der Waals surface area contributed by atoms with Crippen molar-refractivity contribution >= 4 is 0 Å². The maximum atomic E-state index is 9.12. The largest absolute Gasteiger partial charge is 0.396 e. The van der Waals surface area contributed by atoms with Crippen molar-refractivity contribution in [1.29, 1.82) is 0 Å². The van der Waals surface area contributed by atoms with Crippen LogP contribution in [0, 0.1) is 5.92 Å². The van der Waals surface area contributed by atoms with Crippen LogP contribution in [-0.4, -0.2) is 48.3 Å². The smallest absolute Gasteiger partial charge is 0.0460 e. The molecule has 2 heterocycles. The highest BCUT2D eigenvalue weighted by molar-refractivity contribution is 4.92. The molecule has 2 fully saturated rings. The lowest BCUT2D eigenvalue weighted by atomic mass is 9.85. The van der Waals surface area contributed by atoms with Crippen LogP contribution in [0.1, 0.15) is 32.6 Å². The quantitative estimate of drug-likeness (QED) is 0.712. The highest BCUT2D eigenvalue weighted by Crippen LogP contribution is 2.30. The summed E-state index contributed by atoms with van der Waals surface area (Å²) in [5, 5.41) is 12.6. The van der Waals surface area contributed by atoms with E-state index < -0.39 is 0 Å². The second kappa shape index (κ2) is 4.81. The normalized spacial score (nSPS) is 29.2. The van der Waals surface area contributed by atoms with Crippen LogP contribution in [0.15, 0.2) is 0 Å². The molecule has 0 spiro atoms. The Bertz CT molecular complexity index is 194. The Kier molecular flexibility index (Phi) is 3.65. The first-order chi connectivity index (χ1) is 7.24. The van der Waals surface area contributed by atoms with Crippen molar-refractivity contribution < 1.29 is 5.11 Å². The van der Waals surface area contributed by atoms with Crippen molar-refractivity contribution in [1.82, 2.24) is 10.2 Å². The lowest BCUT2D eigenvalue weighted by Gasteiger charge is -2.47. The highest BCUT2D eigenvalue weighted by atomic mass is 16.3. The first kappa shape index (κ1) is 11.4. The molecule has 0 amide bonds. The molecular formula is C12H24N2O. The third-order valence-electron chi connectivity index (χ3n) is 4.32. The molecule has 0 aromatic carbocycles. The Morgan fingerprint density at radius 1 is 1.27 bits per heavy atom. The van der Waals surface area contributed by atoms with Crippen LogP contribution in [0.5, 0.6) is 0 Å². The summed E-state index contributed by atoms with van der Waals surface area (Å²) < 4.78 is 0. The first-order valence-corrected chi connectivity index (χ1v) is 6.31. The van der Waals surface area contributed by atoms with Crippen LogP contribution in [0.4, 0.5) is 0 Å². The Hall–Kier alpha value is -0.120. The summed E-state index contributed by atoms with van der Waals surface area (Å²) in [6, 6.07) is 0. The molecule has 88 valence electrons. The van der Waals surface area contributed by atoms with Crippen molar-refractivity contribution in [3.63, 3.8) is 0 Å². The maximum Gasteiger partial charge on any atom is 0.0460 e. The van der Waals surface area contributed by atoms with Crippen molar-refractivity contribution in [2.75, 3.05) is 32.8 Å². The van der Waals surface area contributed by atoms with Gasteiger partial charge in [-0.1, -0.05) is 0 Å². The molecule has 2 aliphatic heterocycles. The SMILES string of the molecule is CC1(N2CCC(CO)CC2)CCNCC1. The number of nitrogens with zero attached hydrogens (tertiary/aromatic N) is 1. The fraction of sp³-hybridized carbons (Fsp3) is 1.00. The van der Waals surface area contributed by atoms with Gasteiger partial charge >= 0.3 is 0 Å². The molecule has 0 aromatic rings. The highest BCUT2D eigenvalue weighted by Gasteiger charge is 2.35. The molecule has 15 heavy (non-hydrogen) atoms. The number of likely N-dealkylation sites (tertiary alicyclic amines) is 1. The van der Waals surface area contributed by atoms with Gasteiger partial charge < -0.3 is 10.4 Å². The standard InChI is InChI=1S/C12H24N2O/c1-12(4-6-13-7-5-12)14-8-2-11(10-15)3-9-14/h11,13,15H,2-10H2,1H3. The summed E-state index contributed by atoms with van der Waals surface area (Å²) in [4.78, 5) is 2.65. The molecule has 0 saturated carbocycles. The van der Waals surface area contributed by atoms with Crippen molar-refractivity contribution in [2.24, 2.45) is 5.92 Å². The topological polar surface area (TPSA) is 35.5 Å². The maximum absolute atomic E-state index is 9.12. The Morgan fingerprint density at radius 2 is 1.87 bits per heavy atom. The molecule has 0 aromatic heterocycles. The minimum absolute atomic E-state index is 0.381. The van der Waals surface area contributed by atoms with Crippen LogP contribution in [0.25, 0.3) is 0 Å². The van der Waals surface area contributed by atoms with E-state index in [4.69, 9.17) is 5.11 Å². The van der Waals surface area contributed by atoms with Crippen LogP contribution in [-0.2, 0) is 0 Å². The predicted molar refractivity (Wildman–Crippen MR) is 61.9 cm³/mol. The third kappa shape index (κ3) is 2.52. The molecule has 2 aliphatic rings. The molecular weight excluding hydrogens is 188 g/mol. The molecule has 0 unspecified atom stereocenters. The van der Waals surface area contributed by atoms with Gasteiger partial charge in [0, 0.05) is 12.1 Å². The average molecular weight is 212 g/mol. The fourth-order valence-electron chi connectivity index (χ4n) is 2.94. The molecule has 2 rings (SSSR count).